The number of nitrogens with one attached hydrogen (secondary N) is 1. The predicted octanol–water partition coefficient (Wildman–Crippen LogP) is 1.82. The molecular formula is C16H24N2O3. The second-order valence-corrected chi connectivity index (χ2v) is 5.38. The lowest BCUT2D eigenvalue weighted by Gasteiger charge is -2.22. The molecule has 0 unspecified atom stereocenters. The lowest BCUT2D eigenvalue weighted by Crippen LogP contribution is -2.41. The van der Waals surface area contributed by atoms with Gasteiger partial charge in [-0.3, -0.25) is 9.59 Å². The molecule has 0 radical (unpaired) electrons. The van der Waals surface area contributed by atoms with Gasteiger partial charge in [0.2, 0.25) is 11.8 Å². The van der Waals surface area contributed by atoms with Crippen LogP contribution in [0.25, 0.3) is 0 Å². The average molecular weight is 292 g/mol. The number of amides is 2. The highest BCUT2D eigenvalue weighted by Gasteiger charge is 2.15. The summed E-state index contributed by atoms with van der Waals surface area (Å²) < 4.78 is 5.23. The first-order chi connectivity index (χ1) is 9.93. The van der Waals surface area contributed by atoms with Gasteiger partial charge in [0.15, 0.2) is 0 Å². The van der Waals surface area contributed by atoms with Crippen molar-refractivity contribution in [1.82, 2.24) is 10.2 Å². The van der Waals surface area contributed by atoms with Crippen LogP contribution in [0.1, 0.15) is 26.3 Å². The quantitative estimate of drug-likeness (QED) is 0.834. The summed E-state index contributed by atoms with van der Waals surface area (Å²) in [6.45, 7) is 6.57. The molecule has 2 amide bonds. The van der Waals surface area contributed by atoms with E-state index in [1.807, 2.05) is 38.1 Å². The van der Waals surface area contributed by atoms with Crippen LogP contribution in [0.3, 0.4) is 0 Å². The van der Waals surface area contributed by atoms with E-state index < -0.39 is 0 Å². The Kier molecular flexibility index (Phi) is 6.72. The molecule has 0 saturated carbocycles. The van der Waals surface area contributed by atoms with E-state index in [2.05, 4.69) is 5.32 Å². The summed E-state index contributed by atoms with van der Waals surface area (Å²) >= 11 is 0. The van der Waals surface area contributed by atoms with E-state index in [1.54, 1.807) is 12.0 Å². The van der Waals surface area contributed by atoms with Gasteiger partial charge in [-0.1, -0.05) is 32.0 Å². The van der Waals surface area contributed by atoms with E-state index in [1.165, 1.54) is 6.92 Å². The van der Waals surface area contributed by atoms with E-state index >= 15 is 0 Å². The summed E-state index contributed by atoms with van der Waals surface area (Å²) in [5, 5.41) is 2.82. The van der Waals surface area contributed by atoms with Gasteiger partial charge in [-0.05, 0) is 12.0 Å². The molecule has 0 aromatic heterocycles. The van der Waals surface area contributed by atoms with Crippen molar-refractivity contribution < 1.29 is 14.3 Å². The number of carbonyl (C=O) groups is 2. The molecular weight excluding hydrogens is 268 g/mol. The number of rotatable bonds is 7. The molecule has 0 aliphatic carbocycles. The van der Waals surface area contributed by atoms with Crippen molar-refractivity contribution in [3.8, 4) is 5.75 Å². The van der Waals surface area contributed by atoms with Crippen LogP contribution in [0.5, 0.6) is 5.75 Å². The molecule has 0 heterocycles. The third-order valence-corrected chi connectivity index (χ3v) is 3.03. The van der Waals surface area contributed by atoms with Crippen LogP contribution in [0.15, 0.2) is 24.3 Å². The fourth-order valence-corrected chi connectivity index (χ4v) is 2.02. The topological polar surface area (TPSA) is 58.6 Å². The summed E-state index contributed by atoms with van der Waals surface area (Å²) in [7, 11) is 1.60. The van der Waals surface area contributed by atoms with Crippen molar-refractivity contribution >= 4 is 11.8 Å². The molecule has 5 nitrogen and oxygen atoms in total. The van der Waals surface area contributed by atoms with Crippen molar-refractivity contribution in [3.63, 3.8) is 0 Å². The maximum absolute atomic E-state index is 12.0. The third-order valence-electron chi connectivity index (χ3n) is 3.03. The van der Waals surface area contributed by atoms with E-state index in [0.29, 0.717) is 19.0 Å². The highest BCUT2D eigenvalue weighted by atomic mass is 16.5. The lowest BCUT2D eigenvalue weighted by atomic mass is 10.2. The van der Waals surface area contributed by atoms with E-state index in [-0.39, 0.29) is 18.4 Å². The van der Waals surface area contributed by atoms with Crippen LogP contribution < -0.4 is 10.1 Å². The summed E-state index contributed by atoms with van der Waals surface area (Å²) in [6.07, 6.45) is 0. The number of ether oxygens (including phenoxy) is 1. The average Bonchev–Trinajstić information content (AvgIpc) is 2.44. The van der Waals surface area contributed by atoms with Crippen molar-refractivity contribution in [2.45, 2.75) is 27.3 Å². The molecule has 116 valence electrons. The second kappa shape index (κ2) is 8.29. The van der Waals surface area contributed by atoms with Gasteiger partial charge in [0, 0.05) is 25.6 Å². The van der Waals surface area contributed by atoms with Gasteiger partial charge < -0.3 is 15.0 Å². The van der Waals surface area contributed by atoms with Crippen LogP contribution in [0, 0.1) is 5.92 Å². The molecule has 0 saturated heterocycles. The third kappa shape index (κ3) is 5.85. The van der Waals surface area contributed by atoms with Crippen LogP contribution in [0.4, 0.5) is 0 Å². The van der Waals surface area contributed by atoms with E-state index in [9.17, 15) is 9.59 Å². The number of hydrogen-bond acceptors (Lipinski definition) is 3. The van der Waals surface area contributed by atoms with E-state index in [0.717, 1.165) is 11.3 Å². The van der Waals surface area contributed by atoms with Crippen molar-refractivity contribution in [2.24, 2.45) is 5.92 Å². The zero-order chi connectivity index (χ0) is 15.8. The van der Waals surface area contributed by atoms with Crippen LogP contribution in [-0.2, 0) is 16.1 Å². The molecule has 1 aromatic carbocycles. The molecule has 5 heteroatoms. The van der Waals surface area contributed by atoms with Crippen LogP contribution >= 0.6 is 0 Å². The first kappa shape index (κ1) is 17.0. The molecule has 1 aromatic rings. The summed E-state index contributed by atoms with van der Waals surface area (Å²) in [6, 6.07) is 7.52. The minimum Gasteiger partial charge on any atom is -0.496 e. The smallest absolute Gasteiger partial charge is 0.239 e. The normalized spacial score (nSPS) is 10.3. The molecule has 0 bridgehead atoms. The number of hydrogen-bond donors (Lipinski definition) is 1. The number of para-hydroxylation sites is 1. The molecule has 1 rings (SSSR count). The number of benzene rings is 1. The van der Waals surface area contributed by atoms with Crippen LogP contribution in [0.2, 0.25) is 0 Å². The highest BCUT2D eigenvalue weighted by Crippen LogP contribution is 2.16. The lowest BCUT2D eigenvalue weighted by molar-refractivity contribution is -0.134. The molecule has 0 atom stereocenters. The number of methoxy groups -OCH3 is 1. The SMILES string of the molecule is COc1ccccc1CNC(=O)CN(CC(C)C)C(C)=O. The highest BCUT2D eigenvalue weighted by molar-refractivity contribution is 5.83. The minimum atomic E-state index is -0.170. The summed E-state index contributed by atoms with van der Waals surface area (Å²) in [5.41, 5.74) is 0.909. The number of carbonyl (C=O) groups excluding carboxylic acids is 2. The van der Waals surface area contributed by atoms with Gasteiger partial charge in [-0.15, -0.1) is 0 Å². The Balaban J connectivity index is 2.54. The molecule has 0 spiro atoms. The Morgan fingerprint density at radius 2 is 1.95 bits per heavy atom. The summed E-state index contributed by atoms with van der Waals surface area (Å²) in [4.78, 5) is 25.0. The Morgan fingerprint density at radius 3 is 2.52 bits per heavy atom. The van der Waals surface area contributed by atoms with Crippen molar-refractivity contribution in [2.75, 3.05) is 20.2 Å². The van der Waals surface area contributed by atoms with Gasteiger partial charge in [0.25, 0.3) is 0 Å². The Bertz CT molecular complexity index is 486. The monoisotopic (exact) mass is 292 g/mol. The molecule has 0 aliphatic rings. The molecule has 0 fully saturated rings. The zero-order valence-corrected chi connectivity index (χ0v) is 13.2. The molecule has 21 heavy (non-hydrogen) atoms. The van der Waals surface area contributed by atoms with E-state index in [4.69, 9.17) is 4.74 Å². The van der Waals surface area contributed by atoms with Gasteiger partial charge in [0.1, 0.15) is 5.75 Å². The van der Waals surface area contributed by atoms with Crippen LogP contribution in [-0.4, -0.2) is 36.9 Å². The Morgan fingerprint density at radius 1 is 1.29 bits per heavy atom. The largest absolute Gasteiger partial charge is 0.496 e. The Labute approximate surface area is 126 Å². The van der Waals surface area contributed by atoms with Gasteiger partial charge >= 0.3 is 0 Å². The standard InChI is InChI=1S/C16H24N2O3/c1-12(2)10-18(13(3)19)11-16(20)17-9-14-7-5-6-8-15(14)21-4/h5-8,12H,9-11H2,1-4H3,(H,17,20). The molecule has 0 aliphatic heterocycles. The number of nitrogens with zero attached hydrogens (tertiary/aromatic N) is 1. The zero-order valence-electron chi connectivity index (χ0n) is 13.2. The first-order valence-corrected chi connectivity index (χ1v) is 7.08. The van der Waals surface area contributed by atoms with Gasteiger partial charge in [-0.2, -0.15) is 0 Å². The van der Waals surface area contributed by atoms with Gasteiger partial charge in [-0.25, -0.2) is 0 Å². The molecule has 1 N–H and O–H groups in total. The Hall–Kier alpha value is -2.04. The first-order valence-electron chi connectivity index (χ1n) is 7.08. The van der Waals surface area contributed by atoms with Gasteiger partial charge in [0.05, 0.1) is 13.7 Å². The predicted molar refractivity (Wildman–Crippen MR) is 81.9 cm³/mol. The fourth-order valence-electron chi connectivity index (χ4n) is 2.02. The maximum Gasteiger partial charge on any atom is 0.239 e. The summed E-state index contributed by atoms with van der Waals surface area (Å²) in [5.74, 6) is 0.812. The fraction of sp³-hybridized carbons (Fsp3) is 0.500. The van der Waals surface area contributed by atoms with Crippen molar-refractivity contribution in [3.05, 3.63) is 29.8 Å². The maximum atomic E-state index is 12.0. The second-order valence-electron chi connectivity index (χ2n) is 5.38. The van der Waals surface area contributed by atoms with Crippen molar-refractivity contribution in [1.29, 1.82) is 0 Å². The minimum absolute atomic E-state index is 0.0860.